The molecule has 0 unspecified atom stereocenters. The second kappa shape index (κ2) is 12.8. The molecule has 0 amide bonds. The van der Waals surface area contributed by atoms with Crippen molar-refractivity contribution in [2.45, 2.75) is 0 Å². The van der Waals surface area contributed by atoms with Crippen LogP contribution in [-0.4, -0.2) is 17.2 Å². The number of rotatable bonds is 6. The fourth-order valence-electron chi connectivity index (χ4n) is 9.78. The predicted molar refractivity (Wildman–Crippen MR) is 246 cm³/mol. The molecule has 0 aliphatic rings. The molecule has 9 aromatic carbocycles. The molecule has 4 heteroatoms. The second-order valence-electron chi connectivity index (χ2n) is 15.3. The van der Waals surface area contributed by atoms with Crippen LogP contribution in [0.25, 0.3) is 76.9 Å². The van der Waals surface area contributed by atoms with Crippen molar-refractivity contribution in [3.63, 3.8) is 0 Å². The fraction of sp³-hybridized carbons (Fsp3) is 0. The van der Waals surface area contributed by atoms with E-state index in [-0.39, 0.29) is 0 Å². The Hall–Kier alpha value is -7.40. The Labute approximate surface area is 336 Å². The molecule has 58 heavy (non-hydrogen) atoms. The second-order valence-corrected chi connectivity index (χ2v) is 19.1. The maximum absolute atomic E-state index is 6.75. The van der Waals surface area contributed by atoms with Gasteiger partial charge in [0.05, 0.1) is 22.1 Å². The van der Waals surface area contributed by atoms with E-state index < -0.39 is 8.07 Å². The molecule has 12 aromatic rings. The largest absolute Gasteiger partial charge is 0.456 e. The van der Waals surface area contributed by atoms with Crippen LogP contribution in [-0.2, 0) is 0 Å². The van der Waals surface area contributed by atoms with E-state index in [1.54, 1.807) is 0 Å². The number of benzene rings is 9. The third-order valence-corrected chi connectivity index (χ3v) is 17.0. The van der Waals surface area contributed by atoms with Gasteiger partial charge in [0.2, 0.25) is 0 Å². The van der Waals surface area contributed by atoms with Crippen LogP contribution in [0.2, 0.25) is 0 Å². The smallest absolute Gasteiger partial charge is 0.179 e. The first kappa shape index (κ1) is 32.8. The van der Waals surface area contributed by atoms with Crippen molar-refractivity contribution >= 4 is 94.4 Å². The zero-order chi connectivity index (χ0) is 38.2. The lowest BCUT2D eigenvalue weighted by Gasteiger charge is -2.34. The third kappa shape index (κ3) is 4.73. The third-order valence-electron chi connectivity index (χ3n) is 12.3. The van der Waals surface area contributed by atoms with Gasteiger partial charge < -0.3 is 13.6 Å². The molecule has 0 saturated carbocycles. The zero-order valence-corrected chi connectivity index (χ0v) is 32.6. The lowest BCUT2D eigenvalue weighted by atomic mass is 10.1. The van der Waals surface area contributed by atoms with Crippen molar-refractivity contribution in [3.8, 4) is 11.4 Å². The van der Waals surface area contributed by atoms with Crippen molar-refractivity contribution in [3.05, 3.63) is 218 Å². The number of hydrogen-bond donors (Lipinski definition) is 0. The van der Waals surface area contributed by atoms with Gasteiger partial charge >= 0.3 is 0 Å². The molecule has 272 valence electrons. The monoisotopic (exact) mass is 756 g/mol. The molecule has 0 N–H and O–H groups in total. The van der Waals surface area contributed by atoms with Crippen LogP contribution in [0.3, 0.4) is 0 Å². The number of para-hydroxylation sites is 3. The number of fused-ring (bicyclic) bond motifs is 9. The molecule has 3 aromatic heterocycles. The van der Waals surface area contributed by atoms with Gasteiger partial charge in [-0.2, -0.15) is 0 Å². The lowest BCUT2D eigenvalue weighted by Crippen LogP contribution is -2.74. The van der Waals surface area contributed by atoms with E-state index in [4.69, 9.17) is 4.42 Å². The van der Waals surface area contributed by atoms with Gasteiger partial charge in [-0.1, -0.05) is 158 Å². The summed E-state index contributed by atoms with van der Waals surface area (Å²) < 4.78 is 11.5. The van der Waals surface area contributed by atoms with E-state index in [1.165, 1.54) is 58.8 Å². The molecule has 12 rings (SSSR count). The Kier molecular flexibility index (Phi) is 7.25. The van der Waals surface area contributed by atoms with E-state index >= 15 is 0 Å². The first-order chi connectivity index (χ1) is 28.8. The van der Waals surface area contributed by atoms with Crippen LogP contribution < -0.4 is 20.7 Å². The maximum Gasteiger partial charge on any atom is 0.179 e. The molecule has 3 heterocycles. The summed E-state index contributed by atoms with van der Waals surface area (Å²) in [5.74, 6) is 0. The molecular formula is C54H36N2OSi. The molecule has 0 saturated heterocycles. The average molecular weight is 757 g/mol. The Balaban J connectivity index is 1.04. The molecule has 0 aliphatic heterocycles. The van der Waals surface area contributed by atoms with E-state index in [1.807, 2.05) is 0 Å². The van der Waals surface area contributed by atoms with Gasteiger partial charge in [-0.3, -0.25) is 0 Å². The molecule has 3 nitrogen and oxygen atoms in total. The Morgan fingerprint density at radius 1 is 0.276 bits per heavy atom. The van der Waals surface area contributed by atoms with Crippen LogP contribution >= 0.6 is 0 Å². The first-order valence-electron chi connectivity index (χ1n) is 19.9. The zero-order valence-electron chi connectivity index (χ0n) is 31.6. The molecule has 0 radical (unpaired) electrons. The maximum atomic E-state index is 6.75. The van der Waals surface area contributed by atoms with Crippen molar-refractivity contribution < 1.29 is 4.42 Å². The Morgan fingerprint density at radius 3 is 1.28 bits per heavy atom. The van der Waals surface area contributed by atoms with Gasteiger partial charge in [0.25, 0.3) is 0 Å². The van der Waals surface area contributed by atoms with E-state index in [9.17, 15) is 0 Å². The quantitative estimate of drug-likeness (QED) is 0.122. The summed E-state index contributed by atoms with van der Waals surface area (Å²) in [5, 5.41) is 12.6. The summed E-state index contributed by atoms with van der Waals surface area (Å²) in [6.45, 7) is 0. The SMILES string of the molecule is c1ccc([Si](c2ccccc2)(c2ccccc2)c2ccc3oc4cc(-n5c6ccccc6c6cc(-n7c8ccccc8c8ccccc87)ccc65)ccc4c3c2)cc1. The summed E-state index contributed by atoms with van der Waals surface area (Å²) in [6, 6.07) is 80.0. The minimum absolute atomic E-state index is 0.879. The molecular weight excluding hydrogens is 721 g/mol. The highest BCUT2D eigenvalue weighted by atomic mass is 28.3. The summed E-state index contributed by atoms with van der Waals surface area (Å²) in [4.78, 5) is 0. The molecule has 0 fully saturated rings. The van der Waals surface area contributed by atoms with E-state index in [2.05, 4.69) is 228 Å². The van der Waals surface area contributed by atoms with Gasteiger partial charge in [0, 0.05) is 49.8 Å². The Morgan fingerprint density at radius 2 is 0.724 bits per heavy atom. The number of furan rings is 1. The Bertz CT molecular complexity index is 3360. The summed E-state index contributed by atoms with van der Waals surface area (Å²) in [7, 11) is -2.70. The van der Waals surface area contributed by atoms with Crippen LogP contribution in [0.5, 0.6) is 0 Å². The highest BCUT2D eigenvalue weighted by Crippen LogP contribution is 2.38. The van der Waals surface area contributed by atoms with Gasteiger partial charge in [-0.25, -0.2) is 0 Å². The number of nitrogens with zero attached hydrogens (tertiary/aromatic N) is 2. The minimum Gasteiger partial charge on any atom is -0.456 e. The van der Waals surface area contributed by atoms with Crippen LogP contribution in [0.1, 0.15) is 0 Å². The van der Waals surface area contributed by atoms with Crippen molar-refractivity contribution in [2.75, 3.05) is 0 Å². The number of hydrogen-bond acceptors (Lipinski definition) is 1. The molecule has 0 atom stereocenters. The van der Waals surface area contributed by atoms with Gasteiger partial charge in [0.1, 0.15) is 11.2 Å². The van der Waals surface area contributed by atoms with E-state index in [0.29, 0.717) is 0 Å². The normalized spacial score (nSPS) is 12.1. The highest BCUT2D eigenvalue weighted by Gasteiger charge is 2.41. The van der Waals surface area contributed by atoms with E-state index in [0.717, 1.165) is 38.8 Å². The average Bonchev–Trinajstić information content (AvgIpc) is 3.95. The summed E-state index contributed by atoms with van der Waals surface area (Å²) in [6.07, 6.45) is 0. The minimum atomic E-state index is -2.70. The first-order valence-corrected chi connectivity index (χ1v) is 21.9. The topological polar surface area (TPSA) is 23.0 Å². The van der Waals surface area contributed by atoms with Crippen molar-refractivity contribution in [1.82, 2.24) is 9.13 Å². The van der Waals surface area contributed by atoms with Gasteiger partial charge in [-0.15, -0.1) is 0 Å². The van der Waals surface area contributed by atoms with Crippen LogP contribution in [0.15, 0.2) is 223 Å². The summed E-state index contributed by atoms with van der Waals surface area (Å²) in [5.41, 5.74) is 8.74. The van der Waals surface area contributed by atoms with Crippen molar-refractivity contribution in [2.24, 2.45) is 0 Å². The molecule has 0 aliphatic carbocycles. The van der Waals surface area contributed by atoms with Crippen molar-refractivity contribution in [1.29, 1.82) is 0 Å². The number of aromatic nitrogens is 2. The molecule has 0 spiro atoms. The van der Waals surface area contributed by atoms with Crippen LogP contribution in [0, 0.1) is 0 Å². The van der Waals surface area contributed by atoms with Gasteiger partial charge in [-0.05, 0) is 75.3 Å². The standard InChI is InChI=1S/C54H36N2OSi/c1-4-16-39(17-5-1)58(40-18-6-2-7-19-40,41-20-8-3-9-21-41)42-30-33-53-48(36-42)46-31-28-38(35-54(46)57-53)56-51-27-15-12-24-45(51)47-34-37(29-32-52(47)56)55-49-25-13-10-22-43(49)44-23-11-14-26-50(44)55/h1-36H. The molecule has 0 bridgehead atoms. The van der Waals surface area contributed by atoms with Crippen LogP contribution in [0.4, 0.5) is 0 Å². The lowest BCUT2D eigenvalue weighted by molar-refractivity contribution is 0.668. The van der Waals surface area contributed by atoms with Gasteiger partial charge in [0.15, 0.2) is 8.07 Å². The predicted octanol–water partition coefficient (Wildman–Crippen LogP) is 11.2. The highest BCUT2D eigenvalue weighted by molar-refractivity contribution is 7.20. The fourth-order valence-corrected chi connectivity index (χ4v) is 14.6. The summed E-state index contributed by atoms with van der Waals surface area (Å²) >= 11 is 0.